The minimum absolute atomic E-state index is 0. The fourth-order valence-electron chi connectivity index (χ4n) is 4.26. The van der Waals surface area contributed by atoms with Crippen molar-refractivity contribution in [2.45, 2.75) is 89.4 Å². The van der Waals surface area contributed by atoms with Crippen molar-refractivity contribution < 1.29 is 9.53 Å². The third-order valence-corrected chi connectivity index (χ3v) is 5.78. The van der Waals surface area contributed by atoms with Crippen LogP contribution < -0.4 is 11.1 Å². The minimum atomic E-state index is -0.0584. The first kappa shape index (κ1) is 22.1. The van der Waals surface area contributed by atoms with E-state index in [0.717, 1.165) is 31.7 Å². The smallest absolute Gasteiger partial charge is 0.223 e. The van der Waals surface area contributed by atoms with E-state index < -0.39 is 0 Å². The number of hydrogen-bond acceptors (Lipinski definition) is 5. The number of amides is 1. The third kappa shape index (κ3) is 5.90. The Kier molecular flexibility index (Phi) is 8.99. The first-order valence-corrected chi connectivity index (χ1v) is 10.2. The van der Waals surface area contributed by atoms with Gasteiger partial charge in [0.05, 0.1) is 12.6 Å². The van der Waals surface area contributed by atoms with E-state index in [0.29, 0.717) is 19.0 Å². The fraction of sp³-hybridized carbons (Fsp3) is 0.842. The third-order valence-electron chi connectivity index (χ3n) is 5.78. The van der Waals surface area contributed by atoms with Crippen LogP contribution in [0.1, 0.15) is 76.6 Å². The molecular formula is C19H34ClN5O2. The number of halogens is 1. The lowest BCUT2D eigenvalue weighted by Gasteiger charge is -2.33. The van der Waals surface area contributed by atoms with E-state index in [1.54, 1.807) is 0 Å². The first-order chi connectivity index (χ1) is 12.7. The highest BCUT2D eigenvalue weighted by molar-refractivity contribution is 5.85. The Morgan fingerprint density at radius 1 is 1.30 bits per heavy atom. The van der Waals surface area contributed by atoms with E-state index in [2.05, 4.69) is 27.0 Å². The van der Waals surface area contributed by atoms with Gasteiger partial charge in [0, 0.05) is 24.6 Å². The van der Waals surface area contributed by atoms with Gasteiger partial charge in [-0.15, -0.1) is 22.6 Å². The molecule has 27 heavy (non-hydrogen) atoms. The molecule has 3 atom stereocenters. The van der Waals surface area contributed by atoms with Gasteiger partial charge >= 0.3 is 0 Å². The molecule has 2 aliphatic rings. The number of nitrogens with two attached hydrogens (primary N) is 1. The molecule has 7 nitrogen and oxygen atoms in total. The lowest BCUT2D eigenvalue weighted by atomic mass is 9.83. The number of carbonyl (C=O) groups is 1. The highest BCUT2D eigenvalue weighted by Crippen LogP contribution is 2.29. The molecule has 1 heterocycles. The molecule has 0 aliphatic heterocycles. The van der Waals surface area contributed by atoms with Crippen LogP contribution in [0.25, 0.3) is 0 Å². The number of nitrogens with one attached hydrogen (secondary N) is 1. The van der Waals surface area contributed by atoms with Crippen LogP contribution in [0, 0.1) is 5.92 Å². The number of rotatable bonds is 7. The Hall–Kier alpha value is -1.18. The molecule has 154 valence electrons. The summed E-state index contributed by atoms with van der Waals surface area (Å²) in [5.74, 6) is 0.902. The summed E-state index contributed by atoms with van der Waals surface area (Å²) in [4.78, 5) is 12.6. The van der Waals surface area contributed by atoms with Crippen LogP contribution in [0.3, 0.4) is 0 Å². The van der Waals surface area contributed by atoms with Crippen LogP contribution in [-0.2, 0) is 16.1 Å². The van der Waals surface area contributed by atoms with Gasteiger partial charge in [-0.1, -0.05) is 26.2 Å². The van der Waals surface area contributed by atoms with Crippen molar-refractivity contribution in [1.29, 1.82) is 0 Å². The van der Waals surface area contributed by atoms with Crippen molar-refractivity contribution in [3.8, 4) is 0 Å². The van der Waals surface area contributed by atoms with Crippen molar-refractivity contribution in [1.82, 2.24) is 20.1 Å². The molecule has 8 heteroatoms. The summed E-state index contributed by atoms with van der Waals surface area (Å²) in [6.45, 7) is 3.28. The second-order valence-corrected chi connectivity index (χ2v) is 7.75. The predicted octanol–water partition coefficient (Wildman–Crippen LogP) is 2.74. The van der Waals surface area contributed by atoms with Gasteiger partial charge in [-0.3, -0.25) is 4.79 Å². The van der Waals surface area contributed by atoms with E-state index in [1.165, 1.54) is 32.1 Å². The zero-order chi connectivity index (χ0) is 18.4. The molecule has 0 saturated heterocycles. The second kappa shape index (κ2) is 11.0. The van der Waals surface area contributed by atoms with Gasteiger partial charge in [0.1, 0.15) is 6.33 Å². The Morgan fingerprint density at radius 3 is 2.78 bits per heavy atom. The maximum absolute atomic E-state index is 12.6. The summed E-state index contributed by atoms with van der Waals surface area (Å²) >= 11 is 0. The van der Waals surface area contributed by atoms with Crippen molar-refractivity contribution in [2.24, 2.45) is 11.7 Å². The molecule has 2 aliphatic carbocycles. The molecule has 3 rings (SSSR count). The van der Waals surface area contributed by atoms with Crippen LogP contribution in [0.15, 0.2) is 6.33 Å². The molecule has 1 aromatic heterocycles. The van der Waals surface area contributed by atoms with E-state index in [-0.39, 0.29) is 36.4 Å². The zero-order valence-corrected chi connectivity index (χ0v) is 17.1. The van der Waals surface area contributed by atoms with Crippen LogP contribution in [-0.4, -0.2) is 39.4 Å². The summed E-state index contributed by atoms with van der Waals surface area (Å²) in [6.07, 6.45) is 11.5. The van der Waals surface area contributed by atoms with E-state index >= 15 is 0 Å². The molecule has 1 aromatic rings. The quantitative estimate of drug-likeness (QED) is 0.734. The molecule has 3 N–H and O–H groups in total. The number of aromatic nitrogens is 3. The number of ether oxygens (including phenoxy) is 1. The van der Waals surface area contributed by atoms with Gasteiger partial charge in [-0.25, -0.2) is 0 Å². The summed E-state index contributed by atoms with van der Waals surface area (Å²) < 4.78 is 7.95. The van der Waals surface area contributed by atoms with E-state index in [9.17, 15) is 4.79 Å². The largest absolute Gasteiger partial charge is 0.377 e. The first-order valence-electron chi connectivity index (χ1n) is 10.2. The van der Waals surface area contributed by atoms with Crippen LogP contribution in [0.2, 0.25) is 0 Å². The Morgan fingerprint density at radius 2 is 2.07 bits per heavy atom. The highest BCUT2D eigenvalue weighted by atomic mass is 35.5. The summed E-state index contributed by atoms with van der Waals surface area (Å²) in [5.41, 5.74) is 6.23. The van der Waals surface area contributed by atoms with Crippen LogP contribution in [0.4, 0.5) is 0 Å². The number of nitrogens with zero attached hydrogens (tertiary/aromatic N) is 3. The summed E-state index contributed by atoms with van der Waals surface area (Å²) in [7, 11) is 0. The normalized spacial score (nSPS) is 26.4. The minimum Gasteiger partial charge on any atom is -0.377 e. The van der Waals surface area contributed by atoms with Crippen molar-refractivity contribution >= 4 is 18.3 Å². The summed E-state index contributed by atoms with van der Waals surface area (Å²) in [5, 5.41) is 11.3. The highest BCUT2D eigenvalue weighted by Gasteiger charge is 2.32. The van der Waals surface area contributed by atoms with Gasteiger partial charge in [0.2, 0.25) is 5.91 Å². The van der Waals surface area contributed by atoms with E-state index in [4.69, 9.17) is 10.5 Å². The second-order valence-electron chi connectivity index (χ2n) is 7.75. The van der Waals surface area contributed by atoms with Gasteiger partial charge in [0.25, 0.3) is 0 Å². The molecule has 1 amide bonds. The van der Waals surface area contributed by atoms with Crippen LogP contribution in [0.5, 0.6) is 0 Å². The molecule has 0 aromatic carbocycles. The van der Waals surface area contributed by atoms with Crippen molar-refractivity contribution in [2.75, 3.05) is 6.61 Å². The van der Waals surface area contributed by atoms with Gasteiger partial charge < -0.3 is 20.4 Å². The molecule has 0 unspecified atom stereocenters. The molecule has 0 radical (unpaired) electrons. The molecule has 0 bridgehead atoms. The van der Waals surface area contributed by atoms with Gasteiger partial charge in [0.15, 0.2) is 5.82 Å². The topological polar surface area (TPSA) is 95.1 Å². The maximum Gasteiger partial charge on any atom is 0.223 e. The summed E-state index contributed by atoms with van der Waals surface area (Å²) in [6, 6.07) is 0.419. The molecule has 0 spiro atoms. The van der Waals surface area contributed by atoms with Gasteiger partial charge in [-0.05, 0) is 38.5 Å². The lowest BCUT2D eigenvalue weighted by Crippen LogP contribution is -2.46. The monoisotopic (exact) mass is 399 g/mol. The Balaban J connectivity index is 0.00000261. The SMILES string of the molecule is CCCO[C@@H]1CC[C@H](C(=O)NCc2nncn2C2CCCCC2)C[C@H]1N.Cl. The van der Waals surface area contributed by atoms with Gasteiger partial charge in [-0.2, -0.15) is 0 Å². The maximum atomic E-state index is 12.6. The predicted molar refractivity (Wildman–Crippen MR) is 107 cm³/mol. The average molecular weight is 400 g/mol. The fourth-order valence-corrected chi connectivity index (χ4v) is 4.26. The molecule has 2 saturated carbocycles. The van der Waals surface area contributed by atoms with Crippen LogP contribution >= 0.6 is 12.4 Å². The molecular weight excluding hydrogens is 366 g/mol. The standard InChI is InChI=1S/C19H33N5O2.ClH/c1-2-10-26-17-9-8-14(11-16(17)20)19(25)21-12-18-23-22-13-24(18)15-6-4-3-5-7-15;/h13-17H,2-12,20H2,1H3,(H,21,25);1H/t14-,16+,17+;/m0./s1. The molecule has 2 fully saturated rings. The van der Waals surface area contributed by atoms with Crippen molar-refractivity contribution in [3.05, 3.63) is 12.2 Å². The average Bonchev–Trinajstić information content (AvgIpc) is 3.14. The Labute approximate surface area is 168 Å². The Bertz CT molecular complexity index is 576. The van der Waals surface area contributed by atoms with E-state index in [1.807, 2.05) is 6.33 Å². The number of carbonyl (C=O) groups excluding carboxylic acids is 1. The van der Waals surface area contributed by atoms with Crippen molar-refractivity contribution in [3.63, 3.8) is 0 Å². The number of hydrogen-bond donors (Lipinski definition) is 2. The lowest BCUT2D eigenvalue weighted by molar-refractivity contribution is -0.127. The zero-order valence-electron chi connectivity index (χ0n) is 16.3.